The highest BCUT2D eigenvalue weighted by atomic mass is 32.2. The van der Waals surface area contributed by atoms with Crippen LogP contribution >= 0.6 is 11.8 Å². The third-order valence-electron chi connectivity index (χ3n) is 6.39. The molecule has 1 aliphatic heterocycles. The monoisotopic (exact) mass is 509 g/mol. The lowest BCUT2D eigenvalue weighted by atomic mass is 10.1. The number of hydrogen-bond donors (Lipinski definition) is 0. The minimum Gasteiger partial charge on any atom is -0.489 e. The number of hydrogen-bond acceptors (Lipinski definition) is 5. The molecule has 1 saturated heterocycles. The fraction of sp³-hybridized carbons (Fsp3) is 0.286. The first-order valence-electron chi connectivity index (χ1n) is 11.5. The summed E-state index contributed by atoms with van der Waals surface area (Å²) in [5.41, 5.74) is 2.67. The van der Waals surface area contributed by atoms with Gasteiger partial charge in [-0.25, -0.2) is 8.78 Å². The van der Waals surface area contributed by atoms with Gasteiger partial charge in [0.1, 0.15) is 18.4 Å². The van der Waals surface area contributed by atoms with Gasteiger partial charge in [-0.15, -0.1) is 11.8 Å². The highest BCUT2D eigenvalue weighted by Crippen LogP contribution is 2.33. The summed E-state index contributed by atoms with van der Waals surface area (Å²) in [6.45, 7) is 0.723. The van der Waals surface area contributed by atoms with Crippen LogP contribution in [0.5, 0.6) is 5.75 Å². The van der Waals surface area contributed by atoms with Crippen molar-refractivity contribution in [2.45, 2.75) is 30.0 Å². The van der Waals surface area contributed by atoms with Crippen molar-refractivity contribution in [1.82, 2.24) is 9.80 Å². The molecule has 4 rings (SSSR count). The number of nitrogens with zero attached hydrogens (tertiary/aromatic N) is 2. The Bertz CT molecular complexity index is 1250. The fourth-order valence-electron chi connectivity index (χ4n) is 4.30. The Morgan fingerprint density at radius 3 is 2.50 bits per heavy atom. The number of carbonyl (C=O) groups is 1. The number of carbonyl (C=O) groups excluding carboxylic acids is 2. The van der Waals surface area contributed by atoms with Crippen LogP contribution in [-0.4, -0.2) is 61.0 Å². The summed E-state index contributed by atoms with van der Waals surface area (Å²) in [5.74, 6) is -1.35. The van der Waals surface area contributed by atoms with Crippen LogP contribution in [0.15, 0.2) is 65.6 Å². The third kappa shape index (κ3) is 5.60. The minimum atomic E-state index is -0.888. The van der Waals surface area contributed by atoms with E-state index in [4.69, 9.17) is 4.74 Å². The number of ether oxygens (including phenoxy) is 1. The Morgan fingerprint density at radius 2 is 1.83 bits per heavy atom. The first kappa shape index (κ1) is 25.9. The van der Waals surface area contributed by atoms with Crippen molar-refractivity contribution in [3.8, 4) is 16.9 Å². The third-order valence-corrected chi connectivity index (χ3v) is 7.17. The molecular weight excluding hydrogens is 482 g/mol. The van der Waals surface area contributed by atoms with E-state index < -0.39 is 17.7 Å². The van der Waals surface area contributed by atoms with Crippen LogP contribution in [-0.2, 0) is 11.4 Å². The van der Waals surface area contributed by atoms with Crippen LogP contribution in [0.3, 0.4) is 0 Å². The van der Waals surface area contributed by atoms with Crippen LogP contribution in [0, 0.1) is 11.6 Å². The Balaban J connectivity index is 1.44. The zero-order valence-corrected chi connectivity index (χ0v) is 21.1. The Hall–Kier alpha value is -3.23. The number of thioether (sulfide) groups is 1. The maximum absolute atomic E-state index is 13.8. The second-order valence-electron chi connectivity index (χ2n) is 8.92. The van der Waals surface area contributed by atoms with Gasteiger partial charge in [0, 0.05) is 23.0 Å². The van der Waals surface area contributed by atoms with Crippen LogP contribution < -0.4 is 4.74 Å². The summed E-state index contributed by atoms with van der Waals surface area (Å²) in [6, 6.07) is 16.3. The van der Waals surface area contributed by atoms with Crippen LogP contribution in [0.25, 0.3) is 11.1 Å². The standard InChI is InChI=1S/C28H27F2N2O3S/c1-31(2)21-12-22(16-33)32(15-21)28(34)20-6-4-5-18(11-20)17-35-23-9-7-19(8-10-23)24-13-25(29)26(30)14-27(24)36-3/h4-11,13-14,21-22H,12,15,17H2,1-3H3/t21-,22+/m1/s1. The fourth-order valence-corrected chi connectivity index (χ4v) is 4.92. The van der Waals surface area contributed by atoms with Crippen molar-refractivity contribution in [3.05, 3.63) is 83.4 Å². The predicted molar refractivity (Wildman–Crippen MR) is 137 cm³/mol. The summed E-state index contributed by atoms with van der Waals surface area (Å²) in [7, 11) is 3.87. The molecule has 1 fully saturated rings. The van der Waals surface area contributed by atoms with Crippen molar-refractivity contribution in [3.63, 3.8) is 0 Å². The second kappa shape index (κ2) is 11.2. The smallest absolute Gasteiger partial charge is 0.254 e. The molecule has 0 saturated carbocycles. The minimum absolute atomic E-state index is 0.119. The molecule has 0 aromatic heterocycles. The molecule has 1 heterocycles. The van der Waals surface area contributed by atoms with E-state index in [2.05, 4.69) is 0 Å². The predicted octanol–water partition coefficient (Wildman–Crippen LogP) is 5.19. The van der Waals surface area contributed by atoms with Gasteiger partial charge in [0.15, 0.2) is 11.6 Å². The molecule has 3 aromatic carbocycles. The summed E-state index contributed by atoms with van der Waals surface area (Å²) < 4.78 is 33.3. The molecule has 0 unspecified atom stereocenters. The summed E-state index contributed by atoms with van der Waals surface area (Å²) in [5, 5.41) is 0. The van der Waals surface area contributed by atoms with Gasteiger partial charge in [0.25, 0.3) is 5.91 Å². The molecule has 1 radical (unpaired) electrons. The molecule has 36 heavy (non-hydrogen) atoms. The van der Waals surface area contributed by atoms with Crippen molar-refractivity contribution < 1.29 is 23.1 Å². The molecule has 0 N–H and O–H groups in total. The molecule has 0 aliphatic carbocycles. The topological polar surface area (TPSA) is 49.9 Å². The van der Waals surface area contributed by atoms with E-state index in [1.165, 1.54) is 23.9 Å². The van der Waals surface area contributed by atoms with E-state index in [0.29, 0.717) is 34.7 Å². The molecule has 8 heteroatoms. The van der Waals surface area contributed by atoms with E-state index in [0.717, 1.165) is 11.1 Å². The van der Waals surface area contributed by atoms with E-state index in [1.807, 2.05) is 37.6 Å². The second-order valence-corrected chi connectivity index (χ2v) is 9.77. The lowest BCUT2D eigenvalue weighted by Crippen LogP contribution is -2.38. The van der Waals surface area contributed by atoms with E-state index in [1.54, 1.807) is 47.4 Å². The highest BCUT2D eigenvalue weighted by Gasteiger charge is 2.37. The van der Waals surface area contributed by atoms with Crippen molar-refractivity contribution in [2.75, 3.05) is 26.9 Å². The largest absolute Gasteiger partial charge is 0.489 e. The lowest BCUT2D eigenvalue weighted by molar-refractivity contribution is 0.0759. The van der Waals surface area contributed by atoms with Gasteiger partial charge in [-0.2, -0.15) is 0 Å². The van der Waals surface area contributed by atoms with Gasteiger partial charge in [-0.1, -0.05) is 24.3 Å². The number of likely N-dealkylation sites (tertiary alicyclic amines) is 1. The highest BCUT2D eigenvalue weighted by molar-refractivity contribution is 7.98. The maximum atomic E-state index is 13.8. The molecular formula is C28H27F2N2O3S. The normalized spacial score (nSPS) is 17.4. The summed E-state index contributed by atoms with van der Waals surface area (Å²) >= 11 is 1.35. The summed E-state index contributed by atoms with van der Waals surface area (Å²) in [4.78, 5) is 28.8. The zero-order chi connectivity index (χ0) is 25.8. The number of amides is 1. The lowest BCUT2D eigenvalue weighted by Gasteiger charge is -2.22. The maximum Gasteiger partial charge on any atom is 0.254 e. The number of likely N-dealkylation sites (N-methyl/N-ethyl adjacent to an activating group) is 1. The van der Waals surface area contributed by atoms with Gasteiger partial charge in [-0.3, -0.25) is 9.59 Å². The van der Waals surface area contributed by atoms with Crippen LogP contribution in [0.1, 0.15) is 22.3 Å². The Kier molecular flexibility index (Phi) is 8.06. The number of rotatable bonds is 8. The first-order valence-corrected chi connectivity index (χ1v) is 12.7. The summed E-state index contributed by atoms with van der Waals surface area (Å²) in [6.07, 6.45) is 4.39. The van der Waals surface area contributed by atoms with Gasteiger partial charge < -0.3 is 14.5 Å². The molecule has 3 aromatic rings. The van der Waals surface area contributed by atoms with E-state index in [9.17, 15) is 18.4 Å². The molecule has 5 nitrogen and oxygen atoms in total. The van der Waals surface area contributed by atoms with Crippen LogP contribution in [0.4, 0.5) is 8.78 Å². The number of benzene rings is 3. The van der Waals surface area contributed by atoms with Crippen molar-refractivity contribution in [2.24, 2.45) is 0 Å². The molecule has 1 amide bonds. The van der Waals surface area contributed by atoms with Gasteiger partial charge in [0.2, 0.25) is 6.29 Å². The quantitative estimate of drug-likeness (QED) is 0.392. The average Bonchev–Trinajstić information content (AvgIpc) is 3.34. The van der Waals surface area contributed by atoms with Gasteiger partial charge in [0.05, 0.1) is 0 Å². The first-order chi connectivity index (χ1) is 17.3. The molecule has 1 aliphatic rings. The molecule has 0 spiro atoms. The van der Waals surface area contributed by atoms with Crippen molar-refractivity contribution >= 4 is 24.0 Å². The molecule has 187 valence electrons. The van der Waals surface area contributed by atoms with Gasteiger partial charge in [-0.05, 0) is 79.9 Å². The molecule has 0 bridgehead atoms. The Morgan fingerprint density at radius 1 is 1.11 bits per heavy atom. The SMILES string of the molecule is CSc1cc(F)c(F)cc1-c1ccc(OCc2cccc(C(=O)N3C[C@H](N(C)C)C[C@H]3[C]=O)c2)cc1. The van der Waals surface area contributed by atoms with Crippen LogP contribution in [0.2, 0.25) is 0 Å². The van der Waals surface area contributed by atoms with Gasteiger partial charge >= 0.3 is 0 Å². The molecule has 2 atom stereocenters. The average molecular weight is 510 g/mol. The number of halogens is 2. The zero-order valence-electron chi connectivity index (χ0n) is 20.3. The Labute approximate surface area is 214 Å². The van der Waals surface area contributed by atoms with Crippen molar-refractivity contribution in [1.29, 1.82) is 0 Å². The van der Waals surface area contributed by atoms with E-state index in [-0.39, 0.29) is 18.6 Å². The van der Waals surface area contributed by atoms with E-state index >= 15 is 0 Å².